The summed E-state index contributed by atoms with van der Waals surface area (Å²) in [6.45, 7) is 2.61. The maximum absolute atomic E-state index is 11.6. The highest BCUT2D eigenvalue weighted by molar-refractivity contribution is 6.35. The summed E-state index contributed by atoms with van der Waals surface area (Å²) in [4.78, 5) is 11.6. The van der Waals surface area contributed by atoms with E-state index in [0.29, 0.717) is 29.4 Å². The van der Waals surface area contributed by atoms with Crippen LogP contribution in [0.3, 0.4) is 0 Å². The Labute approximate surface area is 124 Å². The summed E-state index contributed by atoms with van der Waals surface area (Å²) < 4.78 is 0. The predicted molar refractivity (Wildman–Crippen MR) is 80.7 cm³/mol. The molecular formula is C14H20Cl2N2O. The van der Waals surface area contributed by atoms with E-state index in [4.69, 9.17) is 28.9 Å². The van der Waals surface area contributed by atoms with Crippen molar-refractivity contribution in [3.05, 3.63) is 33.8 Å². The number of rotatable bonds is 7. The molecule has 1 rings (SSSR count). The van der Waals surface area contributed by atoms with Crippen LogP contribution < -0.4 is 11.1 Å². The average Bonchev–Trinajstić information content (AvgIpc) is 2.32. The number of hydrogen-bond donors (Lipinski definition) is 2. The smallest absolute Gasteiger partial charge is 0.221 e. The minimum atomic E-state index is -0.0517. The molecule has 3 N–H and O–H groups in total. The van der Waals surface area contributed by atoms with E-state index in [1.807, 2.05) is 6.07 Å². The topological polar surface area (TPSA) is 55.1 Å². The van der Waals surface area contributed by atoms with E-state index >= 15 is 0 Å². The van der Waals surface area contributed by atoms with E-state index in [0.717, 1.165) is 18.4 Å². The average molecular weight is 303 g/mol. The summed E-state index contributed by atoms with van der Waals surface area (Å²) >= 11 is 11.9. The van der Waals surface area contributed by atoms with Crippen LogP contribution in [-0.2, 0) is 11.2 Å². The maximum Gasteiger partial charge on any atom is 0.221 e. The van der Waals surface area contributed by atoms with Crippen LogP contribution in [0, 0.1) is 0 Å². The maximum atomic E-state index is 11.6. The molecule has 1 atom stereocenters. The monoisotopic (exact) mass is 302 g/mol. The minimum absolute atomic E-state index is 0.00830. The zero-order valence-corrected chi connectivity index (χ0v) is 12.6. The van der Waals surface area contributed by atoms with Gasteiger partial charge in [0.15, 0.2) is 0 Å². The van der Waals surface area contributed by atoms with Gasteiger partial charge in [-0.2, -0.15) is 0 Å². The number of carbonyl (C=O) groups is 1. The molecule has 1 aromatic rings. The van der Waals surface area contributed by atoms with Crippen molar-refractivity contribution in [2.45, 2.75) is 38.6 Å². The summed E-state index contributed by atoms with van der Waals surface area (Å²) in [5, 5.41) is 4.10. The lowest BCUT2D eigenvalue weighted by atomic mass is 10.1. The molecule has 0 radical (unpaired) electrons. The first-order valence-corrected chi connectivity index (χ1v) is 7.24. The fraction of sp³-hybridized carbons (Fsp3) is 0.500. The summed E-state index contributed by atoms with van der Waals surface area (Å²) in [7, 11) is 0. The van der Waals surface area contributed by atoms with E-state index in [-0.39, 0.29) is 11.9 Å². The van der Waals surface area contributed by atoms with Crippen LogP contribution in [0.25, 0.3) is 0 Å². The number of nitrogens with one attached hydrogen (secondary N) is 1. The molecule has 0 aliphatic rings. The van der Waals surface area contributed by atoms with Crippen LogP contribution >= 0.6 is 23.2 Å². The van der Waals surface area contributed by atoms with Gasteiger partial charge in [0.1, 0.15) is 0 Å². The Hall–Kier alpha value is -0.770. The molecule has 0 saturated carbocycles. The zero-order valence-electron chi connectivity index (χ0n) is 11.1. The molecule has 1 amide bonds. The largest absolute Gasteiger partial charge is 0.356 e. The molecule has 5 heteroatoms. The van der Waals surface area contributed by atoms with Gasteiger partial charge >= 0.3 is 0 Å². The Bertz CT molecular complexity index is 424. The number of amides is 1. The lowest BCUT2D eigenvalue weighted by molar-refractivity contribution is -0.121. The third-order valence-corrected chi connectivity index (χ3v) is 3.43. The molecule has 0 aromatic heterocycles. The SMILES string of the molecule is CCCC(N)CC(=O)NCCc1ccc(Cl)cc1Cl. The van der Waals surface area contributed by atoms with Gasteiger partial charge in [0, 0.05) is 29.1 Å². The van der Waals surface area contributed by atoms with Crippen LogP contribution in [-0.4, -0.2) is 18.5 Å². The first kappa shape index (κ1) is 16.3. The van der Waals surface area contributed by atoms with Gasteiger partial charge in [0.2, 0.25) is 5.91 Å². The molecule has 19 heavy (non-hydrogen) atoms. The second-order valence-electron chi connectivity index (χ2n) is 4.59. The lowest BCUT2D eigenvalue weighted by Crippen LogP contribution is -2.32. The fourth-order valence-corrected chi connectivity index (χ4v) is 2.35. The van der Waals surface area contributed by atoms with E-state index < -0.39 is 0 Å². The standard InChI is InChI=1S/C14H20Cl2N2O/c1-2-3-12(17)9-14(19)18-7-6-10-4-5-11(15)8-13(10)16/h4-5,8,12H,2-3,6-7,9,17H2,1H3,(H,18,19). The molecule has 0 bridgehead atoms. The third-order valence-electron chi connectivity index (χ3n) is 2.84. The fourth-order valence-electron chi connectivity index (χ4n) is 1.84. The predicted octanol–water partition coefficient (Wildman–Crippen LogP) is 3.17. The Morgan fingerprint density at radius 2 is 2.16 bits per heavy atom. The Morgan fingerprint density at radius 3 is 2.79 bits per heavy atom. The first-order chi connectivity index (χ1) is 9.02. The van der Waals surface area contributed by atoms with Crippen LogP contribution in [0.2, 0.25) is 10.0 Å². The molecule has 1 unspecified atom stereocenters. The lowest BCUT2D eigenvalue weighted by Gasteiger charge is -2.11. The summed E-state index contributed by atoms with van der Waals surface area (Å²) in [5.74, 6) is -0.00830. The molecule has 3 nitrogen and oxygen atoms in total. The molecule has 106 valence electrons. The molecule has 0 heterocycles. The highest BCUT2D eigenvalue weighted by atomic mass is 35.5. The zero-order chi connectivity index (χ0) is 14.3. The quantitative estimate of drug-likeness (QED) is 0.813. The van der Waals surface area contributed by atoms with Gasteiger partial charge in [-0.25, -0.2) is 0 Å². The third kappa shape index (κ3) is 6.28. The Kier molecular flexibility index (Phi) is 7.21. The summed E-state index contributed by atoms with van der Waals surface area (Å²) in [6.07, 6.45) is 2.93. The second kappa shape index (κ2) is 8.41. The van der Waals surface area contributed by atoms with Gasteiger partial charge in [0.25, 0.3) is 0 Å². The van der Waals surface area contributed by atoms with E-state index in [1.165, 1.54) is 0 Å². The van der Waals surface area contributed by atoms with E-state index in [2.05, 4.69) is 12.2 Å². The van der Waals surface area contributed by atoms with Crippen molar-refractivity contribution < 1.29 is 4.79 Å². The molecular weight excluding hydrogens is 283 g/mol. The summed E-state index contributed by atoms with van der Waals surface area (Å²) in [5.41, 5.74) is 6.79. The second-order valence-corrected chi connectivity index (χ2v) is 5.43. The van der Waals surface area contributed by atoms with Crippen molar-refractivity contribution in [3.63, 3.8) is 0 Å². The minimum Gasteiger partial charge on any atom is -0.356 e. The molecule has 0 aliphatic heterocycles. The molecule has 0 spiro atoms. The highest BCUT2D eigenvalue weighted by Crippen LogP contribution is 2.21. The molecule has 0 aliphatic carbocycles. The van der Waals surface area contributed by atoms with Crippen molar-refractivity contribution in [1.29, 1.82) is 0 Å². The van der Waals surface area contributed by atoms with Crippen LogP contribution in [0.15, 0.2) is 18.2 Å². The number of nitrogens with two attached hydrogens (primary N) is 1. The van der Waals surface area contributed by atoms with Crippen LogP contribution in [0.1, 0.15) is 31.7 Å². The molecule has 0 fully saturated rings. The van der Waals surface area contributed by atoms with Crippen molar-refractivity contribution >= 4 is 29.1 Å². The highest BCUT2D eigenvalue weighted by Gasteiger charge is 2.08. The Balaban J connectivity index is 2.31. The van der Waals surface area contributed by atoms with Gasteiger partial charge in [-0.15, -0.1) is 0 Å². The van der Waals surface area contributed by atoms with Crippen LogP contribution in [0.4, 0.5) is 0 Å². The number of hydrogen-bond acceptors (Lipinski definition) is 2. The Morgan fingerprint density at radius 1 is 1.42 bits per heavy atom. The molecule has 1 aromatic carbocycles. The van der Waals surface area contributed by atoms with E-state index in [9.17, 15) is 4.79 Å². The van der Waals surface area contributed by atoms with Gasteiger partial charge in [-0.1, -0.05) is 42.6 Å². The van der Waals surface area contributed by atoms with Crippen molar-refractivity contribution in [2.24, 2.45) is 5.73 Å². The van der Waals surface area contributed by atoms with Crippen LogP contribution in [0.5, 0.6) is 0 Å². The normalized spacial score (nSPS) is 12.2. The van der Waals surface area contributed by atoms with Gasteiger partial charge in [0.05, 0.1) is 0 Å². The summed E-state index contributed by atoms with van der Waals surface area (Å²) in [6, 6.07) is 5.32. The first-order valence-electron chi connectivity index (χ1n) is 6.49. The molecule has 0 saturated heterocycles. The van der Waals surface area contributed by atoms with E-state index in [1.54, 1.807) is 12.1 Å². The number of benzene rings is 1. The van der Waals surface area contributed by atoms with Crippen molar-refractivity contribution in [2.75, 3.05) is 6.54 Å². The van der Waals surface area contributed by atoms with Gasteiger partial charge in [-0.05, 0) is 30.5 Å². The van der Waals surface area contributed by atoms with Crippen molar-refractivity contribution in [1.82, 2.24) is 5.32 Å². The van der Waals surface area contributed by atoms with Gasteiger partial charge in [-0.3, -0.25) is 4.79 Å². The van der Waals surface area contributed by atoms with Crippen molar-refractivity contribution in [3.8, 4) is 0 Å². The van der Waals surface area contributed by atoms with Gasteiger partial charge < -0.3 is 11.1 Å². The number of halogens is 2. The number of carbonyl (C=O) groups excluding carboxylic acids is 1.